The average molecular weight is 322 g/mol. The van der Waals surface area contributed by atoms with Gasteiger partial charge in [0.1, 0.15) is 5.75 Å². The Labute approximate surface area is 135 Å². The fourth-order valence-electron chi connectivity index (χ4n) is 2.05. The van der Waals surface area contributed by atoms with E-state index in [2.05, 4.69) is 5.32 Å². The van der Waals surface area contributed by atoms with Crippen molar-refractivity contribution in [3.8, 4) is 5.75 Å². The summed E-state index contributed by atoms with van der Waals surface area (Å²) in [5.41, 5.74) is 0.0719. The van der Waals surface area contributed by atoms with Crippen LogP contribution in [-0.4, -0.2) is 17.6 Å². The standard InChI is InChI=1S/C17H20ClNO3/c1-12(10-13-8-9-21-11-13)19-16(20)17(2,3)22-15-6-4-14(18)5-7-15/h4-9,11-12H,10H2,1-3H3,(H,19,20). The topological polar surface area (TPSA) is 51.5 Å². The van der Waals surface area contributed by atoms with Gasteiger partial charge >= 0.3 is 0 Å². The molecule has 0 aliphatic rings. The number of hydrogen-bond donors (Lipinski definition) is 1. The van der Waals surface area contributed by atoms with Crippen LogP contribution in [-0.2, 0) is 11.2 Å². The third kappa shape index (κ3) is 4.53. The molecule has 118 valence electrons. The summed E-state index contributed by atoms with van der Waals surface area (Å²) < 4.78 is 10.8. The van der Waals surface area contributed by atoms with Gasteiger partial charge in [-0.25, -0.2) is 0 Å². The van der Waals surface area contributed by atoms with Gasteiger partial charge in [-0.1, -0.05) is 11.6 Å². The molecule has 0 aliphatic heterocycles. The van der Waals surface area contributed by atoms with Crippen LogP contribution in [0.4, 0.5) is 0 Å². The summed E-state index contributed by atoms with van der Waals surface area (Å²) in [6.07, 6.45) is 4.01. The Kier molecular flexibility index (Phi) is 5.14. The summed E-state index contributed by atoms with van der Waals surface area (Å²) in [5, 5.41) is 3.59. The number of carbonyl (C=O) groups excluding carboxylic acids is 1. The SMILES string of the molecule is CC(Cc1ccoc1)NC(=O)C(C)(C)Oc1ccc(Cl)cc1. The summed E-state index contributed by atoms with van der Waals surface area (Å²) in [6, 6.07) is 8.81. The molecule has 0 bridgehead atoms. The second-order valence-corrected chi connectivity index (χ2v) is 6.21. The van der Waals surface area contributed by atoms with Crippen molar-refractivity contribution in [2.24, 2.45) is 0 Å². The third-order valence-corrected chi connectivity index (χ3v) is 3.48. The van der Waals surface area contributed by atoms with Crippen LogP contribution in [0.3, 0.4) is 0 Å². The number of carbonyl (C=O) groups is 1. The van der Waals surface area contributed by atoms with Gasteiger partial charge in [0.2, 0.25) is 0 Å². The summed E-state index contributed by atoms with van der Waals surface area (Å²) >= 11 is 5.84. The van der Waals surface area contributed by atoms with Gasteiger partial charge in [-0.15, -0.1) is 0 Å². The maximum atomic E-state index is 12.4. The van der Waals surface area contributed by atoms with Gasteiger partial charge in [-0.3, -0.25) is 4.79 Å². The summed E-state index contributed by atoms with van der Waals surface area (Å²) in [7, 11) is 0. The first-order valence-corrected chi connectivity index (χ1v) is 7.51. The Morgan fingerprint density at radius 1 is 1.32 bits per heavy atom. The van der Waals surface area contributed by atoms with Crippen molar-refractivity contribution in [3.05, 3.63) is 53.4 Å². The van der Waals surface area contributed by atoms with E-state index in [1.165, 1.54) is 0 Å². The molecule has 1 atom stereocenters. The highest BCUT2D eigenvalue weighted by Gasteiger charge is 2.30. The molecule has 1 aromatic heterocycles. The van der Waals surface area contributed by atoms with E-state index in [4.69, 9.17) is 20.8 Å². The fourth-order valence-corrected chi connectivity index (χ4v) is 2.18. The molecule has 1 aromatic carbocycles. The average Bonchev–Trinajstić information content (AvgIpc) is 2.93. The van der Waals surface area contributed by atoms with Crippen LogP contribution in [0.1, 0.15) is 26.3 Å². The molecular weight excluding hydrogens is 302 g/mol. The molecule has 0 radical (unpaired) electrons. The molecule has 0 spiro atoms. The number of halogens is 1. The lowest BCUT2D eigenvalue weighted by molar-refractivity contribution is -0.134. The zero-order chi connectivity index (χ0) is 16.2. The number of ether oxygens (including phenoxy) is 1. The predicted octanol–water partition coefficient (Wildman–Crippen LogP) is 3.84. The molecule has 2 aromatic rings. The molecule has 1 unspecified atom stereocenters. The van der Waals surface area contributed by atoms with Crippen molar-refractivity contribution in [3.63, 3.8) is 0 Å². The van der Waals surface area contributed by atoms with Gasteiger partial charge < -0.3 is 14.5 Å². The highest BCUT2D eigenvalue weighted by Crippen LogP contribution is 2.21. The number of nitrogens with one attached hydrogen (secondary N) is 1. The largest absolute Gasteiger partial charge is 0.478 e. The van der Waals surface area contributed by atoms with Crippen molar-refractivity contribution < 1.29 is 13.9 Å². The molecular formula is C17H20ClNO3. The Hall–Kier alpha value is -1.94. The van der Waals surface area contributed by atoms with Crippen molar-refractivity contribution in [2.45, 2.75) is 38.8 Å². The van der Waals surface area contributed by atoms with E-state index in [-0.39, 0.29) is 11.9 Å². The van der Waals surface area contributed by atoms with E-state index in [0.29, 0.717) is 17.2 Å². The molecule has 0 fully saturated rings. The second-order valence-electron chi connectivity index (χ2n) is 5.78. The van der Waals surface area contributed by atoms with Crippen LogP contribution in [0.25, 0.3) is 0 Å². The van der Waals surface area contributed by atoms with E-state index in [0.717, 1.165) is 5.56 Å². The van der Waals surface area contributed by atoms with Gasteiger partial charge in [0, 0.05) is 11.1 Å². The Morgan fingerprint density at radius 2 is 2.00 bits per heavy atom. The van der Waals surface area contributed by atoms with Gasteiger partial charge in [-0.05, 0) is 63.1 Å². The molecule has 5 heteroatoms. The van der Waals surface area contributed by atoms with E-state index in [9.17, 15) is 4.79 Å². The molecule has 2 rings (SSSR count). The van der Waals surface area contributed by atoms with Crippen molar-refractivity contribution in [1.29, 1.82) is 0 Å². The van der Waals surface area contributed by atoms with Gasteiger partial charge in [-0.2, -0.15) is 0 Å². The minimum Gasteiger partial charge on any atom is -0.478 e. The van der Waals surface area contributed by atoms with Gasteiger partial charge in [0.15, 0.2) is 5.60 Å². The van der Waals surface area contributed by atoms with Crippen LogP contribution in [0, 0.1) is 0 Å². The Balaban J connectivity index is 1.93. The number of hydrogen-bond acceptors (Lipinski definition) is 3. The van der Waals surface area contributed by atoms with E-state index >= 15 is 0 Å². The smallest absolute Gasteiger partial charge is 0.263 e. The van der Waals surface area contributed by atoms with E-state index < -0.39 is 5.60 Å². The third-order valence-electron chi connectivity index (χ3n) is 3.23. The highest BCUT2D eigenvalue weighted by atomic mass is 35.5. The molecule has 0 aliphatic carbocycles. The fraction of sp³-hybridized carbons (Fsp3) is 0.353. The van der Waals surface area contributed by atoms with Crippen molar-refractivity contribution in [1.82, 2.24) is 5.32 Å². The monoisotopic (exact) mass is 321 g/mol. The zero-order valence-electron chi connectivity index (χ0n) is 12.9. The maximum Gasteiger partial charge on any atom is 0.263 e. The molecule has 0 saturated heterocycles. The lowest BCUT2D eigenvalue weighted by Gasteiger charge is -2.27. The minimum atomic E-state index is -0.974. The Bertz CT molecular complexity index is 605. The number of amides is 1. The lowest BCUT2D eigenvalue weighted by atomic mass is 10.1. The van der Waals surface area contributed by atoms with Crippen LogP contribution < -0.4 is 10.1 Å². The van der Waals surface area contributed by atoms with Gasteiger partial charge in [0.05, 0.1) is 12.5 Å². The first-order valence-electron chi connectivity index (χ1n) is 7.13. The highest BCUT2D eigenvalue weighted by molar-refractivity contribution is 6.30. The molecule has 0 saturated carbocycles. The molecule has 22 heavy (non-hydrogen) atoms. The predicted molar refractivity (Wildman–Crippen MR) is 86.2 cm³/mol. The van der Waals surface area contributed by atoms with Crippen molar-refractivity contribution in [2.75, 3.05) is 0 Å². The molecule has 1 N–H and O–H groups in total. The molecule has 4 nitrogen and oxygen atoms in total. The molecule has 1 heterocycles. The summed E-state index contributed by atoms with van der Waals surface area (Å²) in [5.74, 6) is 0.436. The van der Waals surface area contributed by atoms with Crippen LogP contribution >= 0.6 is 11.6 Å². The number of benzene rings is 1. The lowest BCUT2D eigenvalue weighted by Crippen LogP contribution is -2.49. The summed E-state index contributed by atoms with van der Waals surface area (Å²) in [4.78, 5) is 12.4. The zero-order valence-corrected chi connectivity index (χ0v) is 13.7. The van der Waals surface area contributed by atoms with Gasteiger partial charge in [0.25, 0.3) is 5.91 Å². The second kappa shape index (κ2) is 6.88. The minimum absolute atomic E-state index is 0.0156. The first kappa shape index (κ1) is 16.4. The van der Waals surface area contributed by atoms with Crippen molar-refractivity contribution >= 4 is 17.5 Å². The maximum absolute atomic E-state index is 12.4. The van der Waals surface area contributed by atoms with Crippen LogP contribution in [0.15, 0.2) is 47.3 Å². The quantitative estimate of drug-likeness (QED) is 0.879. The van der Waals surface area contributed by atoms with Crippen LogP contribution in [0.5, 0.6) is 5.75 Å². The van der Waals surface area contributed by atoms with Crippen LogP contribution in [0.2, 0.25) is 5.02 Å². The Morgan fingerprint density at radius 3 is 2.59 bits per heavy atom. The molecule has 1 amide bonds. The number of furan rings is 1. The normalized spacial score (nSPS) is 12.7. The first-order chi connectivity index (χ1) is 10.4. The number of rotatable bonds is 6. The van der Waals surface area contributed by atoms with E-state index in [1.54, 1.807) is 50.6 Å². The summed E-state index contributed by atoms with van der Waals surface area (Å²) in [6.45, 7) is 5.42. The van der Waals surface area contributed by atoms with E-state index in [1.807, 2.05) is 13.0 Å².